The van der Waals surface area contributed by atoms with Crippen molar-refractivity contribution in [3.8, 4) is 5.69 Å². The molecule has 0 bridgehead atoms. The van der Waals surface area contributed by atoms with E-state index >= 15 is 0 Å². The number of carbonyl (C=O) groups is 1. The largest absolute Gasteiger partial charge is 0.453 e. The predicted octanol–water partition coefficient (Wildman–Crippen LogP) is 3.47. The van der Waals surface area contributed by atoms with Crippen LogP contribution in [0.5, 0.6) is 0 Å². The van der Waals surface area contributed by atoms with Gasteiger partial charge in [-0.05, 0) is 51.0 Å². The standard InChI is InChI=1S/C19H18F4N6O/c1-11(28-12(2)25-18(26-28)19(21,22)23)17(30)27-9-3-4-15-16(27)10-24-29(15)14-7-5-13(20)6-8-14/h5-8,10-11H,3-4,9H2,1-2H3. The first kappa shape index (κ1) is 20.0. The molecule has 0 N–H and O–H groups in total. The number of nitrogens with zero attached hydrogens (tertiary/aromatic N) is 6. The second kappa shape index (κ2) is 7.22. The second-order valence-electron chi connectivity index (χ2n) is 7.06. The van der Waals surface area contributed by atoms with E-state index in [-0.39, 0.29) is 11.6 Å². The van der Waals surface area contributed by atoms with Crippen molar-refractivity contribution < 1.29 is 22.4 Å². The third-order valence-electron chi connectivity index (χ3n) is 5.05. The van der Waals surface area contributed by atoms with Crippen molar-refractivity contribution in [1.82, 2.24) is 24.5 Å². The van der Waals surface area contributed by atoms with Crippen LogP contribution in [0.3, 0.4) is 0 Å². The van der Waals surface area contributed by atoms with Crippen LogP contribution in [0.25, 0.3) is 5.69 Å². The first-order valence-electron chi connectivity index (χ1n) is 9.31. The van der Waals surface area contributed by atoms with Crippen LogP contribution < -0.4 is 4.90 Å². The van der Waals surface area contributed by atoms with E-state index < -0.39 is 23.9 Å². The van der Waals surface area contributed by atoms with Crippen LogP contribution in [0.15, 0.2) is 30.5 Å². The zero-order chi connectivity index (χ0) is 21.6. The van der Waals surface area contributed by atoms with Crippen molar-refractivity contribution in [3.05, 3.63) is 53.6 Å². The molecule has 3 heterocycles. The maximum Gasteiger partial charge on any atom is 0.453 e. The van der Waals surface area contributed by atoms with Gasteiger partial charge in [0, 0.05) is 6.54 Å². The first-order chi connectivity index (χ1) is 14.2. The van der Waals surface area contributed by atoms with Crippen LogP contribution in [0.4, 0.5) is 23.2 Å². The van der Waals surface area contributed by atoms with Crippen LogP contribution in [-0.4, -0.2) is 37.0 Å². The summed E-state index contributed by atoms with van der Waals surface area (Å²) in [6.45, 7) is 3.27. The average Bonchev–Trinajstić information content (AvgIpc) is 3.31. The van der Waals surface area contributed by atoms with Crippen LogP contribution in [0.2, 0.25) is 0 Å². The molecule has 0 saturated heterocycles. The number of aryl methyl sites for hydroxylation is 1. The molecule has 1 aliphatic rings. The van der Waals surface area contributed by atoms with E-state index in [4.69, 9.17) is 0 Å². The molecule has 7 nitrogen and oxygen atoms in total. The maximum atomic E-state index is 13.2. The van der Waals surface area contributed by atoms with E-state index in [1.165, 1.54) is 37.1 Å². The highest BCUT2D eigenvalue weighted by atomic mass is 19.4. The van der Waals surface area contributed by atoms with Gasteiger partial charge in [-0.1, -0.05) is 0 Å². The Morgan fingerprint density at radius 3 is 2.53 bits per heavy atom. The van der Waals surface area contributed by atoms with E-state index in [9.17, 15) is 22.4 Å². The summed E-state index contributed by atoms with van der Waals surface area (Å²) in [4.78, 5) is 18.1. The van der Waals surface area contributed by atoms with Gasteiger partial charge in [0.25, 0.3) is 11.7 Å². The van der Waals surface area contributed by atoms with Gasteiger partial charge in [-0.3, -0.25) is 4.79 Å². The number of aromatic nitrogens is 5. The number of anilines is 1. The van der Waals surface area contributed by atoms with Gasteiger partial charge in [-0.15, -0.1) is 5.10 Å². The highest BCUT2D eigenvalue weighted by Crippen LogP contribution is 2.32. The quantitative estimate of drug-likeness (QED) is 0.606. The minimum atomic E-state index is -4.69. The average molecular weight is 422 g/mol. The lowest BCUT2D eigenvalue weighted by Gasteiger charge is -2.29. The number of fused-ring (bicyclic) bond motifs is 1. The van der Waals surface area contributed by atoms with Gasteiger partial charge in [0.1, 0.15) is 17.7 Å². The molecule has 2 aromatic heterocycles. The van der Waals surface area contributed by atoms with Crippen molar-refractivity contribution in [2.24, 2.45) is 0 Å². The lowest BCUT2D eigenvalue weighted by Crippen LogP contribution is -2.40. The van der Waals surface area contributed by atoms with E-state index in [1.807, 2.05) is 0 Å². The number of benzene rings is 1. The number of alkyl halides is 3. The first-order valence-corrected chi connectivity index (χ1v) is 9.31. The van der Waals surface area contributed by atoms with Crippen molar-refractivity contribution in [2.45, 2.75) is 38.9 Å². The van der Waals surface area contributed by atoms with Gasteiger partial charge in [-0.25, -0.2) is 18.7 Å². The normalized spacial score (nSPS) is 15.2. The maximum absolute atomic E-state index is 13.2. The summed E-state index contributed by atoms with van der Waals surface area (Å²) in [6, 6.07) is 4.84. The third-order valence-corrected chi connectivity index (χ3v) is 5.05. The van der Waals surface area contributed by atoms with Crippen LogP contribution in [0, 0.1) is 12.7 Å². The Morgan fingerprint density at radius 2 is 1.90 bits per heavy atom. The van der Waals surface area contributed by atoms with Gasteiger partial charge in [0.05, 0.1) is 23.3 Å². The fourth-order valence-corrected chi connectivity index (χ4v) is 3.60. The predicted molar refractivity (Wildman–Crippen MR) is 98.7 cm³/mol. The molecule has 1 atom stereocenters. The van der Waals surface area contributed by atoms with Crippen molar-refractivity contribution in [3.63, 3.8) is 0 Å². The number of carbonyl (C=O) groups excluding carboxylic acids is 1. The highest BCUT2D eigenvalue weighted by molar-refractivity contribution is 5.96. The molecular formula is C19H18F4N6O. The lowest BCUT2D eigenvalue weighted by atomic mass is 10.1. The van der Waals surface area contributed by atoms with Crippen molar-refractivity contribution in [1.29, 1.82) is 0 Å². The zero-order valence-electron chi connectivity index (χ0n) is 16.2. The molecule has 4 rings (SSSR count). The Bertz CT molecular complexity index is 1090. The van der Waals surface area contributed by atoms with Gasteiger partial charge in [-0.2, -0.15) is 18.3 Å². The van der Waals surface area contributed by atoms with E-state index in [2.05, 4.69) is 15.2 Å². The molecule has 1 amide bonds. The summed E-state index contributed by atoms with van der Waals surface area (Å²) in [5.41, 5.74) is 2.01. The summed E-state index contributed by atoms with van der Waals surface area (Å²) >= 11 is 0. The minimum absolute atomic E-state index is 0.00224. The van der Waals surface area contributed by atoms with Crippen LogP contribution in [-0.2, 0) is 17.4 Å². The second-order valence-corrected chi connectivity index (χ2v) is 7.06. The Balaban J connectivity index is 1.64. The Morgan fingerprint density at radius 1 is 1.20 bits per heavy atom. The van der Waals surface area contributed by atoms with E-state index in [1.54, 1.807) is 16.8 Å². The Labute approximate surface area is 168 Å². The zero-order valence-corrected chi connectivity index (χ0v) is 16.2. The number of amides is 1. The molecule has 1 aliphatic heterocycles. The van der Waals surface area contributed by atoms with Crippen LogP contribution >= 0.6 is 0 Å². The molecule has 0 fully saturated rings. The number of hydrogen-bond donors (Lipinski definition) is 0. The number of halogens is 4. The molecule has 1 aromatic carbocycles. The Hall–Kier alpha value is -3.24. The van der Waals surface area contributed by atoms with Gasteiger partial charge in [0.15, 0.2) is 0 Å². The summed E-state index contributed by atoms with van der Waals surface area (Å²) in [6.07, 6.45) is -1.83. The molecule has 30 heavy (non-hydrogen) atoms. The molecule has 3 aromatic rings. The third kappa shape index (κ3) is 3.44. The smallest absolute Gasteiger partial charge is 0.307 e. The van der Waals surface area contributed by atoms with Crippen LogP contribution in [0.1, 0.15) is 36.7 Å². The van der Waals surface area contributed by atoms with Gasteiger partial charge < -0.3 is 4.90 Å². The number of hydrogen-bond acceptors (Lipinski definition) is 4. The van der Waals surface area contributed by atoms with Crippen molar-refractivity contribution >= 4 is 11.6 Å². The van der Waals surface area contributed by atoms with E-state index in [0.29, 0.717) is 30.8 Å². The van der Waals surface area contributed by atoms with Crippen molar-refractivity contribution in [2.75, 3.05) is 11.4 Å². The van der Waals surface area contributed by atoms with E-state index in [0.717, 1.165) is 10.4 Å². The topological polar surface area (TPSA) is 68.8 Å². The molecule has 0 aliphatic carbocycles. The number of rotatable bonds is 3. The summed E-state index contributed by atoms with van der Waals surface area (Å²) in [7, 11) is 0. The molecule has 0 saturated carbocycles. The molecule has 0 radical (unpaired) electrons. The highest BCUT2D eigenvalue weighted by Gasteiger charge is 2.38. The Kier molecular flexibility index (Phi) is 4.83. The fraction of sp³-hybridized carbons (Fsp3) is 0.368. The molecule has 11 heteroatoms. The SMILES string of the molecule is Cc1nc(C(F)(F)F)nn1C(C)C(=O)N1CCCc2c1cnn2-c1ccc(F)cc1. The van der Waals surface area contributed by atoms with Gasteiger partial charge in [0.2, 0.25) is 0 Å². The molecule has 158 valence electrons. The summed E-state index contributed by atoms with van der Waals surface area (Å²) < 4.78 is 54.6. The monoisotopic (exact) mass is 422 g/mol. The minimum Gasteiger partial charge on any atom is -0.307 e. The molecule has 1 unspecified atom stereocenters. The summed E-state index contributed by atoms with van der Waals surface area (Å²) in [5, 5.41) is 7.82. The summed E-state index contributed by atoms with van der Waals surface area (Å²) in [5.74, 6) is -2.05. The lowest BCUT2D eigenvalue weighted by molar-refractivity contribution is -0.145. The fourth-order valence-electron chi connectivity index (χ4n) is 3.60. The molecule has 0 spiro atoms. The van der Waals surface area contributed by atoms with Gasteiger partial charge >= 0.3 is 6.18 Å². The molecular weight excluding hydrogens is 404 g/mol.